The lowest BCUT2D eigenvalue weighted by molar-refractivity contribution is 0.590. The Morgan fingerprint density at radius 2 is 1.39 bits per heavy atom. The van der Waals surface area contributed by atoms with E-state index in [4.69, 9.17) is 0 Å². The zero-order valence-corrected chi connectivity index (χ0v) is 10.9. The molecular formula is C16H16N2. The van der Waals surface area contributed by atoms with Crippen LogP contribution in [0, 0.1) is 11.8 Å². The molecule has 0 aliphatic rings. The summed E-state index contributed by atoms with van der Waals surface area (Å²) in [5, 5.41) is 0. The molecule has 0 spiro atoms. The zero-order chi connectivity index (χ0) is 13.0. The summed E-state index contributed by atoms with van der Waals surface area (Å²) in [5.41, 5.74) is 3.33. The predicted molar refractivity (Wildman–Crippen MR) is 73.2 cm³/mol. The van der Waals surface area contributed by atoms with E-state index in [0.717, 1.165) is 11.1 Å². The summed E-state index contributed by atoms with van der Waals surface area (Å²) in [7, 11) is 0. The smallest absolute Gasteiger partial charge is 0.115 e. The van der Waals surface area contributed by atoms with Gasteiger partial charge in [-0.05, 0) is 23.1 Å². The van der Waals surface area contributed by atoms with E-state index in [0.29, 0.717) is 0 Å². The minimum atomic E-state index is 0.180. The third kappa shape index (κ3) is 3.18. The highest BCUT2D eigenvalue weighted by molar-refractivity contribution is 5.42. The molecule has 0 unspecified atom stereocenters. The second-order valence-corrected chi connectivity index (χ2v) is 5.20. The molecule has 2 nitrogen and oxygen atoms in total. The van der Waals surface area contributed by atoms with Crippen molar-refractivity contribution in [1.29, 1.82) is 0 Å². The summed E-state index contributed by atoms with van der Waals surface area (Å²) in [6, 6.07) is 8.37. The normalized spacial score (nSPS) is 10.6. The minimum Gasteiger partial charge on any atom is -0.244 e. The number of hydrogen-bond donors (Lipinski definition) is 0. The minimum absolute atomic E-state index is 0.180. The molecule has 18 heavy (non-hydrogen) atoms. The lowest BCUT2D eigenvalue weighted by atomic mass is 9.87. The monoisotopic (exact) mass is 236 g/mol. The largest absolute Gasteiger partial charge is 0.244 e. The van der Waals surface area contributed by atoms with E-state index in [2.05, 4.69) is 66.8 Å². The Bertz CT molecular complexity index is 566. The van der Waals surface area contributed by atoms with E-state index in [1.54, 1.807) is 12.4 Å². The van der Waals surface area contributed by atoms with Gasteiger partial charge in [0.15, 0.2) is 0 Å². The van der Waals surface area contributed by atoms with Gasteiger partial charge in [0.2, 0.25) is 0 Å². The van der Waals surface area contributed by atoms with Crippen LogP contribution in [0.2, 0.25) is 0 Å². The summed E-state index contributed by atoms with van der Waals surface area (Å²) in [6.07, 6.45) is 4.93. The van der Waals surface area contributed by atoms with Crippen LogP contribution < -0.4 is 0 Å². The van der Waals surface area contributed by atoms with Crippen LogP contribution in [0.1, 0.15) is 37.5 Å². The summed E-state index contributed by atoms with van der Waals surface area (Å²) in [5.74, 6) is 6.15. The Kier molecular flexibility index (Phi) is 3.43. The van der Waals surface area contributed by atoms with Crippen LogP contribution in [0.3, 0.4) is 0 Å². The van der Waals surface area contributed by atoms with Crippen LogP contribution in [0.15, 0.2) is 43.0 Å². The molecule has 0 aliphatic heterocycles. The fraction of sp³-hybridized carbons (Fsp3) is 0.250. The second-order valence-electron chi connectivity index (χ2n) is 5.20. The predicted octanol–water partition coefficient (Wildman–Crippen LogP) is 3.17. The van der Waals surface area contributed by atoms with Crippen LogP contribution in [-0.2, 0) is 5.41 Å². The number of hydrogen-bond acceptors (Lipinski definition) is 2. The molecule has 0 bridgehead atoms. The van der Waals surface area contributed by atoms with Crippen molar-refractivity contribution in [2.75, 3.05) is 0 Å². The Morgan fingerprint density at radius 1 is 0.833 bits per heavy atom. The van der Waals surface area contributed by atoms with Gasteiger partial charge in [-0.25, -0.2) is 9.97 Å². The Hall–Kier alpha value is -2.14. The first-order chi connectivity index (χ1) is 8.55. The first-order valence-corrected chi connectivity index (χ1v) is 5.93. The lowest BCUT2D eigenvalue weighted by Crippen LogP contribution is -2.10. The van der Waals surface area contributed by atoms with Gasteiger partial charge in [0, 0.05) is 18.0 Å². The quantitative estimate of drug-likeness (QED) is 0.657. The van der Waals surface area contributed by atoms with Gasteiger partial charge in [0.1, 0.15) is 6.33 Å². The number of aromatic nitrogens is 2. The third-order valence-electron chi connectivity index (χ3n) is 2.66. The molecule has 2 heteroatoms. The average Bonchev–Trinajstić information content (AvgIpc) is 2.37. The summed E-state index contributed by atoms with van der Waals surface area (Å²) < 4.78 is 0. The van der Waals surface area contributed by atoms with E-state index >= 15 is 0 Å². The maximum absolute atomic E-state index is 3.93. The Labute approximate surface area is 108 Å². The van der Waals surface area contributed by atoms with Gasteiger partial charge in [-0.2, -0.15) is 0 Å². The number of nitrogens with zero attached hydrogens (tertiary/aromatic N) is 2. The molecule has 0 radical (unpaired) electrons. The third-order valence-corrected chi connectivity index (χ3v) is 2.66. The van der Waals surface area contributed by atoms with Crippen LogP contribution >= 0.6 is 0 Å². The molecule has 1 aromatic heterocycles. The van der Waals surface area contributed by atoms with Crippen LogP contribution in [-0.4, -0.2) is 9.97 Å². The zero-order valence-electron chi connectivity index (χ0n) is 10.9. The summed E-state index contributed by atoms with van der Waals surface area (Å²) in [6.45, 7) is 6.61. The molecule has 0 atom stereocenters. The highest BCUT2D eigenvalue weighted by Gasteiger charge is 2.12. The molecule has 2 aromatic rings. The highest BCUT2D eigenvalue weighted by Crippen LogP contribution is 2.21. The van der Waals surface area contributed by atoms with Crippen molar-refractivity contribution in [1.82, 2.24) is 9.97 Å². The molecule has 0 aliphatic carbocycles. The Morgan fingerprint density at radius 3 is 1.94 bits per heavy atom. The fourth-order valence-corrected chi connectivity index (χ4v) is 1.56. The van der Waals surface area contributed by atoms with E-state index in [1.165, 1.54) is 11.9 Å². The molecule has 0 amide bonds. The van der Waals surface area contributed by atoms with Gasteiger partial charge in [-0.1, -0.05) is 44.7 Å². The molecule has 0 saturated carbocycles. The van der Waals surface area contributed by atoms with Gasteiger partial charge in [0.05, 0.1) is 5.56 Å². The van der Waals surface area contributed by atoms with Crippen molar-refractivity contribution in [3.63, 3.8) is 0 Å². The van der Waals surface area contributed by atoms with E-state index in [9.17, 15) is 0 Å². The van der Waals surface area contributed by atoms with E-state index in [-0.39, 0.29) is 5.41 Å². The van der Waals surface area contributed by atoms with Crippen molar-refractivity contribution in [2.45, 2.75) is 26.2 Å². The first-order valence-electron chi connectivity index (χ1n) is 5.93. The van der Waals surface area contributed by atoms with Crippen LogP contribution in [0.4, 0.5) is 0 Å². The average molecular weight is 236 g/mol. The molecule has 1 aromatic carbocycles. The van der Waals surface area contributed by atoms with Crippen LogP contribution in [0.25, 0.3) is 0 Å². The van der Waals surface area contributed by atoms with Crippen LogP contribution in [0.5, 0.6) is 0 Å². The summed E-state index contributed by atoms with van der Waals surface area (Å²) in [4.78, 5) is 7.86. The molecule has 0 fully saturated rings. The maximum atomic E-state index is 3.93. The number of benzene rings is 1. The standard InChI is InChI=1S/C16H16N2/c1-16(2,3)15-8-6-13(7-9-15)4-5-14-10-17-12-18-11-14/h6-12H,1-3H3. The molecular weight excluding hydrogens is 220 g/mol. The van der Waals surface area contributed by atoms with E-state index < -0.39 is 0 Å². The topological polar surface area (TPSA) is 25.8 Å². The SMILES string of the molecule is CC(C)(C)c1ccc(C#Cc2cncnc2)cc1. The van der Waals surface area contributed by atoms with Gasteiger partial charge < -0.3 is 0 Å². The molecule has 0 N–H and O–H groups in total. The highest BCUT2D eigenvalue weighted by atomic mass is 14.8. The van der Waals surface area contributed by atoms with Crippen molar-refractivity contribution in [2.24, 2.45) is 0 Å². The van der Waals surface area contributed by atoms with Gasteiger partial charge in [-0.15, -0.1) is 0 Å². The van der Waals surface area contributed by atoms with E-state index in [1.807, 2.05) is 0 Å². The van der Waals surface area contributed by atoms with Crippen molar-refractivity contribution in [3.8, 4) is 11.8 Å². The van der Waals surface area contributed by atoms with Gasteiger partial charge in [-0.3, -0.25) is 0 Å². The molecule has 1 heterocycles. The van der Waals surface area contributed by atoms with Gasteiger partial charge in [0.25, 0.3) is 0 Å². The van der Waals surface area contributed by atoms with Gasteiger partial charge >= 0.3 is 0 Å². The van der Waals surface area contributed by atoms with Crippen molar-refractivity contribution < 1.29 is 0 Å². The lowest BCUT2D eigenvalue weighted by Gasteiger charge is -2.18. The molecule has 90 valence electrons. The Balaban J connectivity index is 2.20. The second kappa shape index (κ2) is 5.01. The fourth-order valence-electron chi connectivity index (χ4n) is 1.56. The number of rotatable bonds is 0. The maximum Gasteiger partial charge on any atom is 0.115 e. The summed E-state index contributed by atoms with van der Waals surface area (Å²) >= 11 is 0. The van der Waals surface area contributed by atoms with Crippen molar-refractivity contribution in [3.05, 3.63) is 59.7 Å². The molecule has 0 saturated heterocycles. The molecule has 2 rings (SSSR count). The first kappa shape index (κ1) is 12.3. The van der Waals surface area contributed by atoms with Crippen molar-refractivity contribution >= 4 is 0 Å².